The van der Waals surface area contributed by atoms with Gasteiger partial charge >= 0.3 is 0 Å². The Morgan fingerprint density at radius 1 is 1.41 bits per heavy atom. The number of aryl methyl sites for hydroxylation is 1. The first-order valence-corrected chi connectivity index (χ1v) is 9.75. The van der Waals surface area contributed by atoms with Gasteiger partial charge in [-0.1, -0.05) is 0 Å². The summed E-state index contributed by atoms with van der Waals surface area (Å²) in [6, 6.07) is 4.22. The molecule has 0 bridgehead atoms. The van der Waals surface area contributed by atoms with Gasteiger partial charge in [-0.2, -0.15) is 0 Å². The zero-order valence-electron chi connectivity index (χ0n) is 15.2. The van der Waals surface area contributed by atoms with E-state index in [1.165, 1.54) is 23.5 Å². The Hall–Kier alpha value is -2.61. The second-order valence-corrected chi connectivity index (χ2v) is 7.72. The second kappa shape index (κ2) is 7.19. The molecule has 1 fully saturated rings. The van der Waals surface area contributed by atoms with Crippen molar-refractivity contribution in [3.8, 4) is 0 Å². The number of nitrogens with zero attached hydrogens (tertiary/aromatic N) is 5. The van der Waals surface area contributed by atoms with Gasteiger partial charge in [0.15, 0.2) is 0 Å². The maximum atomic E-state index is 13.5. The third kappa shape index (κ3) is 3.49. The second-order valence-electron chi connectivity index (χ2n) is 6.74. The van der Waals surface area contributed by atoms with Crippen LogP contribution in [0.2, 0.25) is 0 Å². The van der Waals surface area contributed by atoms with Gasteiger partial charge in [0.2, 0.25) is 11.9 Å². The number of anilines is 1. The summed E-state index contributed by atoms with van der Waals surface area (Å²) >= 11 is 1.54. The number of carbonyl (C=O) groups excluding carboxylic acids is 1. The Kier molecular flexibility index (Phi) is 4.73. The summed E-state index contributed by atoms with van der Waals surface area (Å²) in [6.07, 6.45) is 3.42. The molecule has 0 radical (unpaired) electrons. The van der Waals surface area contributed by atoms with E-state index in [4.69, 9.17) is 0 Å². The fraction of sp³-hybridized carbons (Fsp3) is 0.368. The van der Waals surface area contributed by atoms with Crippen LogP contribution in [0.25, 0.3) is 10.9 Å². The number of benzene rings is 1. The molecule has 1 atom stereocenters. The van der Waals surface area contributed by atoms with Crippen LogP contribution in [-0.4, -0.2) is 45.4 Å². The molecule has 1 aliphatic heterocycles. The van der Waals surface area contributed by atoms with Crippen molar-refractivity contribution in [3.05, 3.63) is 46.3 Å². The highest BCUT2D eigenvalue weighted by atomic mass is 32.1. The van der Waals surface area contributed by atoms with Crippen LogP contribution in [0.4, 0.5) is 10.3 Å². The van der Waals surface area contributed by atoms with E-state index in [-0.39, 0.29) is 17.8 Å². The Morgan fingerprint density at radius 3 is 3.04 bits per heavy atom. The van der Waals surface area contributed by atoms with Crippen LogP contribution >= 0.6 is 11.3 Å². The molecule has 0 aliphatic carbocycles. The minimum Gasteiger partial charge on any atom is -0.337 e. The maximum absolute atomic E-state index is 13.5. The minimum absolute atomic E-state index is 0.0446. The van der Waals surface area contributed by atoms with Crippen LogP contribution in [-0.2, 0) is 11.3 Å². The van der Waals surface area contributed by atoms with Gasteiger partial charge in [-0.15, -0.1) is 11.3 Å². The van der Waals surface area contributed by atoms with Crippen molar-refractivity contribution in [3.63, 3.8) is 0 Å². The van der Waals surface area contributed by atoms with Gasteiger partial charge in [-0.25, -0.2) is 19.3 Å². The molecular weight excluding hydrogens is 365 g/mol. The lowest BCUT2D eigenvalue weighted by Crippen LogP contribution is -2.44. The summed E-state index contributed by atoms with van der Waals surface area (Å²) in [6.45, 7) is 3.07. The number of rotatable bonds is 4. The van der Waals surface area contributed by atoms with Crippen LogP contribution < -0.4 is 4.90 Å². The van der Waals surface area contributed by atoms with Crippen molar-refractivity contribution >= 4 is 34.1 Å². The normalized spacial score (nSPS) is 16.9. The molecule has 140 valence electrons. The van der Waals surface area contributed by atoms with Crippen LogP contribution in [0.3, 0.4) is 0 Å². The van der Waals surface area contributed by atoms with Gasteiger partial charge in [0.1, 0.15) is 16.9 Å². The molecule has 1 aliphatic rings. The fourth-order valence-electron chi connectivity index (χ4n) is 3.50. The molecule has 3 heterocycles. The SMILES string of the molecule is Cc1nc(N2CCC[C@H]2C(=O)N(C)Cc2nccs2)nc2ccc(F)cc12. The first kappa shape index (κ1) is 17.8. The molecule has 8 heteroatoms. The molecule has 0 saturated carbocycles. The van der Waals surface area contributed by atoms with Crippen molar-refractivity contribution < 1.29 is 9.18 Å². The molecule has 1 aromatic carbocycles. The lowest BCUT2D eigenvalue weighted by molar-refractivity contribution is -0.131. The average molecular weight is 385 g/mol. The highest BCUT2D eigenvalue weighted by molar-refractivity contribution is 7.09. The van der Waals surface area contributed by atoms with Crippen molar-refractivity contribution in [1.29, 1.82) is 0 Å². The summed E-state index contributed by atoms with van der Waals surface area (Å²) in [5.41, 5.74) is 1.40. The van der Waals surface area contributed by atoms with Crippen LogP contribution in [0.1, 0.15) is 23.5 Å². The lowest BCUT2D eigenvalue weighted by atomic mass is 10.2. The number of amides is 1. The number of hydrogen-bond donors (Lipinski definition) is 0. The van der Waals surface area contributed by atoms with E-state index in [1.807, 2.05) is 17.2 Å². The highest BCUT2D eigenvalue weighted by Crippen LogP contribution is 2.27. The standard InChI is InChI=1S/C19H20FN5OS/c1-12-14-10-13(20)5-6-15(14)23-19(22-12)25-8-3-4-16(25)18(26)24(2)11-17-21-7-9-27-17/h5-7,9-10,16H,3-4,8,11H2,1-2H3/t16-/m0/s1. The number of halogens is 1. The topological polar surface area (TPSA) is 62.2 Å². The van der Waals surface area contributed by atoms with E-state index >= 15 is 0 Å². The van der Waals surface area contributed by atoms with Gasteiger partial charge < -0.3 is 9.80 Å². The molecule has 3 aromatic rings. The summed E-state index contributed by atoms with van der Waals surface area (Å²) in [4.78, 5) is 30.1. The lowest BCUT2D eigenvalue weighted by Gasteiger charge is -2.28. The number of thiazole rings is 1. The molecule has 27 heavy (non-hydrogen) atoms. The van der Waals surface area contributed by atoms with Gasteiger partial charge in [0, 0.05) is 30.6 Å². The van der Waals surface area contributed by atoms with E-state index in [2.05, 4.69) is 15.0 Å². The van der Waals surface area contributed by atoms with E-state index < -0.39 is 0 Å². The molecule has 1 saturated heterocycles. The van der Waals surface area contributed by atoms with Crippen molar-refractivity contribution in [2.75, 3.05) is 18.5 Å². The Labute approximate surface area is 160 Å². The van der Waals surface area contributed by atoms with E-state index in [9.17, 15) is 9.18 Å². The van der Waals surface area contributed by atoms with Crippen LogP contribution in [0.15, 0.2) is 29.8 Å². The fourth-order valence-corrected chi connectivity index (χ4v) is 4.16. The molecule has 6 nitrogen and oxygen atoms in total. The molecule has 0 unspecified atom stereocenters. The number of carbonyl (C=O) groups is 1. The Bertz CT molecular complexity index is 978. The van der Waals surface area contributed by atoms with Crippen molar-refractivity contribution in [2.45, 2.75) is 32.4 Å². The van der Waals surface area contributed by atoms with Crippen LogP contribution in [0.5, 0.6) is 0 Å². The largest absolute Gasteiger partial charge is 0.337 e. The third-order valence-electron chi connectivity index (χ3n) is 4.86. The summed E-state index contributed by atoms with van der Waals surface area (Å²) in [5.74, 6) is 0.272. The Morgan fingerprint density at radius 2 is 2.26 bits per heavy atom. The molecule has 1 amide bonds. The summed E-state index contributed by atoms with van der Waals surface area (Å²) in [5, 5.41) is 3.52. The first-order chi connectivity index (χ1) is 13.0. The predicted molar refractivity (Wildman–Crippen MR) is 103 cm³/mol. The van der Waals surface area contributed by atoms with Crippen molar-refractivity contribution in [2.24, 2.45) is 0 Å². The van der Waals surface area contributed by atoms with Crippen LogP contribution in [0, 0.1) is 12.7 Å². The molecule has 4 rings (SSSR count). The van der Waals surface area contributed by atoms with Crippen molar-refractivity contribution in [1.82, 2.24) is 19.9 Å². The zero-order valence-corrected chi connectivity index (χ0v) is 16.0. The zero-order chi connectivity index (χ0) is 19.0. The molecule has 0 spiro atoms. The predicted octanol–water partition coefficient (Wildman–Crippen LogP) is 3.16. The quantitative estimate of drug-likeness (QED) is 0.690. The third-order valence-corrected chi connectivity index (χ3v) is 5.63. The van der Waals surface area contributed by atoms with E-state index in [0.29, 0.717) is 29.1 Å². The molecular formula is C19H20FN5OS. The monoisotopic (exact) mass is 385 g/mol. The number of fused-ring (bicyclic) bond motifs is 1. The number of hydrogen-bond acceptors (Lipinski definition) is 6. The van der Waals surface area contributed by atoms with Gasteiger partial charge in [-0.3, -0.25) is 4.79 Å². The smallest absolute Gasteiger partial charge is 0.245 e. The number of aromatic nitrogens is 3. The average Bonchev–Trinajstić information content (AvgIpc) is 3.33. The van der Waals surface area contributed by atoms with E-state index in [0.717, 1.165) is 24.4 Å². The maximum Gasteiger partial charge on any atom is 0.245 e. The highest BCUT2D eigenvalue weighted by Gasteiger charge is 2.34. The molecule has 0 N–H and O–H groups in total. The van der Waals surface area contributed by atoms with Gasteiger partial charge in [0.05, 0.1) is 17.8 Å². The summed E-state index contributed by atoms with van der Waals surface area (Å²) in [7, 11) is 1.80. The van der Waals surface area contributed by atoms with E-state index in [1.54, 1.807) is 24.2 Å². The van der Waals surface area contributed by atoms with Gasteiger partial charge in [-0.05, 0) is 38.0 Å². The molecule has 2 aromatic heterocycles. The Balaban J connectivity index is 1.60. The van der Waals surface area contributed by atoms with Gasteiger partial charge in [0.25, 0.3) is 0 Å². The summed E-state index contributed by atoms with van der Waals surface area (Å²) < 4.78 is 13.5. The first-order valence-electron chi connectivity index (χ1n) is 8.87. The minimum atomic E-state index is -0.306. The number of likely N-dealkylation sites (N-methyl/N-ethyl adjacent to an activating group) is 1.